The van der Waals surface area contributed by atoms with Crippen LogP contribution in [0.4, 0.5) is 17.1 Å². The summed E-state index contributed by atoms with van der Waals surface area (Å²) < 4.78 is 27.2. The molecule has 304 valence electrons. The zero-order chi connectivity index (χ0) is 40.6. The Balaban J connectivity index is 1.06. The van der Waals surface area contributed by atoms with E-state index in [1.54, 1.807) is 46.1 Å². The lowest BCUT2D eigenvalue weighted by Crippen LogP contribution is -2.14. The van der Waals surface area contributed by atoms with Crippen molar-refractivity contribution in [2.75, 3.05) is 31.3 Å². The van der Waals surface area contributed by atoms with Crippen LogP contribution < -0.4 is 23.8 Å². The lowest BCUT2D eigenvalue weighted by Gasteiger charge is -2.26. The highest BCUT2D eigenvalue weighted by Crippen LogP contribution is 2.56. The van der Waals surface area contributed by atoms with E-state index < -0.39 is 5.97 Å². The minimum atomic E-state index is -0.920. The molecular formula is C49H49NO6S3. The standard InChI is InChI=1S/C49H49NO6S3/c1-3-5-7-9-27-53-39-23-19-37(20-24-39)50(38-21-25-40(26-22-38)54-28-10-8-6-4-2)36-17-15-34(16-18-36)47-45-46(56-30-29-55-45)48(59-47)44-32-43-42(58-44)31-41(57-43)33-11-13-35(14-12-33)49(51)52/h11-26,31-32H,3-10,27-30H2,1-2H3,(H,51,52). The Morgan fingerprint density at radius 2 is 1.05 bits per heavy atom. The summed E-state index contributed by atoms with van der Waals surface area (Å²) in [5, 5.41) is 9.31. The largest absolute Gasteiger partial charge is 0.494 e. The molecule has 7 nitrogen and oxygen atoms in total. The van der Waals surface area contributed by atoms with E-state index in [-0.39, 0.29) is 5.56 Å². The molecule has 1 N–H and O–H groups in total. The second-order valence-corrected chi connectivity index (χ2v) is 17.8. The van der Waals surface area contributed by atoms with Gasteiger partial charge in [-0.25, -0.2) is 4.79 Å². The number of anilines is 3. The van der Waals surface area contributed by atoms with E-state index in [4.69, 9.17) is 18.9 Å². The fourth-order valence-corrected chi connectivity index (χ4v) is 10.9. The van der Waals surface area contributed by atoms with Gasteiger partial charge in [0.1, 0.15) is 24.7 Å². The molecule has 3 aromatic heterocycles. The third kappa shape index (κ3) is 9.46. The number of carboxylic acids is 1. The topological polar surface area (TPSA) is 77.5 Å². The van der Waals surface area contributed by atoms with E-state index in [2.05, 4.69) is 104 Å². The van der Waals surface area contributed by atoms with Crippen LogP contribution in [-0.2, 0) is 0 Å². The Bertz CT molecular complexity index is 2360. The van der Waals surface area contributed by atoms with Gasteiger partial charge in [0.25, 0.3) is 0 Å². The molecule has 0 fully saturated rings. The smallest absolute Gasteiger partial charge is 0.335 e. The fourth-order valence-electron chi connectivity index (χ4n) is 7.20. The monoisotopic (exact) mass is 843 g/mol. The molecule has 4 heterocycles. The highest BCUT2D eigenvalue weighted by atomic mass is 32.1. The minimum absolute atomic E-state index is 0.287. The lowest BCUT2D eigenvalue weighted by molar-refractivity contribution is 0.0697. The lowest BCUT2D eigenvalue weighted by atomic mass is 10.1. The maximum Gasteiger partial charge on any atom is 0.335 e. The Kier molecular flexibility index (Phi) is 13.2. The zero-order valence-corrected chi connectivity index (χ0v) is 36.0. The highest BCUT2D eigenvalue weighted by Gasteiger charge is 2.28. The number of fused-ring (bicyclic) bond motifs is 2. The number of rotatable bonds is 19. The summed E-state index contributed by atoms with van der Waals surface area (Å²) in [6, 6.07) is 37.0. The van der Waals surface area contributed by atoms with Gasteiger partial charge in [0, 0.05) is 31.3 Å². The van der Waals surface area contributed by atoms with Gasteiger partial charge in [-0.2, -0.15) is 0 Å². The highest BCUT2D eigenvalue weighted by molar-refractivity contribution is 7.32. The first-order chi connectivity index (χ1) is 29.0. The molecule has 0 saturated heterocycles. The molecule has 0 saturated carbocycles. The number of ether oxygens (including phenoxy) is 4. The molecule has 0 radical (unpaired) electrons. The van der Waals surface area contributed by atoms with Crippen molar-refractivity contribution in [2.24, 2.45) is 0 Å². The first-order valence-electron chi connectivity index (χ1n) is 20.6. The average Bonchev–Trinajstić information content (AvgIpc) is 3.98. The number of carboxylic acid groups (broad SMARTS) is 1. The van der Waals surface area contributed by atoms with Gasteiger partial charge in [0.2, 0.25) is 0 Å². The van der Waals surface area contributed by atoms with Gasteiger partial charge < -0.3 is 29.0 Å². The second-order valence-electron chi connectivity index (χ2n) is 14.6. The van der Waals surface area contributed by atoms with Crippen molar-refractivity contribution in [3.05, 3.63) is 115 Å². The molecule has 4 aromatic carbocycles. The third-order valence-electron chi connectivity index (χ3n) is 10.4. The van der Waals surface area contributed by atoms with Crippen molar-refractivity contribution in [1.29, 1.82) is 0 Å². The van der Waals surface area contributed by atoms with Crippen LogP contribution in [0.3, 0.4) is 0 Å². The van der Waals surface area contributed by atoms with Crippen LogP contribution in [0.2, 0.25) is 0 Å². The quantitative estimate of drug-likeness (QED) is 0.0813. The molecule has 1 aliphatic rings. The molecular weight excluding hydrogens is 795 g/mol. The first kappa shape index (κ1) is 40.5. The van der Waals surface area contributed by atoms with Crippen molar-refractivity contribution in [3.8, 4) is 53.6 Å². The molecule has 0 unspecified atom stereocenters. The van der Waals surface area contributed by atoms with Gasteiger partial charge in [-0.15, -0.1) is 34.0 Å². The number of unbranched alkanes of at least 4 members (excludes halogenated alkanes) is 6. The Morgan fingerprint density at radius 1 is 0.576 bits per heavy atom. The summed E-state index contributed by atoms with van der Waals surface area (Å²) >= 11 is 5.16. The second kappa shape index (κ2) is 19.2. The molecule has 7 aromatic rings. The molecule has 0 amide bonds. The van der Waals surface area contributed by atoms with Gasteiger partial charge in [-0.05, 0) is 109 Å². The average molecular weight is 844 g/mol. The van der Waals surface area contributed by atoms with Crippen LogP contribution in [0, 0.1) is 0 Å². The van der Waals surface area contributed by atoms with E-state index >= 15 is 0 Å². The van der Waals surface area contributed by atoms with E-state index in [0.717, 1.165) is 96.8 Å². The Labute approximate surface area is 358 Å². The van der Waals surface area contributed by atoms with Gasteiger partial charge in [-0.1, -0.05) is 76.6 Å². The number of benzene rings is 4. The van der Waals surface area contributed by atoms with Crippen molar-refractivity contribution in [1.82, 2.24) is 0 Å². The molecule has 0 spiro atoms. The zero-order valence-electron chi connectivity index (χ0n) is 33.5. The molecule has 8 rings (SSSR count). The summed E-state index contributed by atoms with van der Waals surface area (Å²) in [5.74, 6) is 2.45. The van der Waals surface area contributed by atoms with Crippen molar-refractivity contribution >= 4 is 66.4 Å². The van der Waals surface area contributed by atoms with Gasteiger partial charge >= 0.3 is 5.97 Å². The number of nitrogens with zero attached hydrogens (tertiary/aromatic N) is 1. The number of aromatic carboxylic acids is 1. The van der Waals surface area contributed by atoms with Crippen molar-refractivity contribution in [2.45, 2.75) is 65.2 Å². The van der Waals surface area contributed by atoms with E-state index in [9.17, 15) is 9.90 Å². The molecule has 1 aliphatic heterocycles. The Hall–Kier alpha value is -5.29. The van der Waals surface area contributed by atoms with Crippen molar-refractivity contribution < 1.29 is 28.8 Å². The maximum atomic E-state index is 11.3. The first-order valence-corrected chi connectivity index (χ1v) is 23.1. The van der Waals surface area contributed by atoms with Crippen LogP contribution >= 0.6 is 34.0 Å². The van der Waals surface area contributed by atoms with Crippen LogP contribution in [0.15, 0.2) is 109 Å². The predicted molar refractivity (Wildman–Crippen MR) is 246 cm³/mol. The predicted octanol–water partition coefficient (Wildman–Crippen LogP) is 14.9. The van der Waals surface area contributed by atoms with E-state index in [1.165, 1.54) is 47.9 Å². The number of carbonyl (C=O) groups is 1. The van der Waals surface area contributed by atoms with Crippen LogP contribution in [-0.4, -0.2) is 37.5 Å². The van der Waals surface area contributed by atoms with Gasteiger partial charge in [0.15, 0.2) is 11.5 Å². The molecule has 0 bridgehead atoms. The van der Waals surface area contributed by atoms with Crippen LogP contribution in [0.1, 0.15) is 75.6 Å². The number of hydrogen-bond acceptors (Lipinski definition) is 9. The van der Waals surface area contributed by atoms with E-state index in [1.807, 2.05) is 12.1 Å². The summed E-state index contributed by atoms with van der Waals surface area (Å²) in [7, 11) is 0. The number of hydrogen-bond donors (Lipinski definition) is 1. The minimum Gasteiger partial charge on any atom is -0.494 e. The third-order valence-corrected chi connectivity index (χ3v) is 14.1. The van der Waals surface area contributed by atoms with Crippen LogP contribution in [0.5, 0.6) is 23.0 Å². The van der Waals surface area contributed by atoms with Crippen molar-refractivity contribution in [3.63, 3.8) is 0 Å². The molecule has 0 atom stereocenters. The molecule has 10 heteroatoms. The molecule has 59 heavy (non-hydrogen) atoms. The maximum absolute atomic E-state index is 11.3. The number of thiophene rings is 3. The van der Waals surface area contributed by atoms with Gasteiger partial charge in [-0.3, -0.25) is 0 Å². The summed E-state index contributed by atoms with van der Waals surface area (Å²) in [5.41, 5.74) is 5.47. The molecule has 0 aliphatic carbocycles. The fraction of sp³-hybridized carbons (Fsp3) is 0.286. The van der Waals surface area contributed by atoms with Crippen LogP contribution in [0.25, 0.3) is 40.0 Å². The SMILES string of the molecule is CCCCCCOc1ccc(N(c2ccc(OCCCCCC)cc2)c2ccc(-c3sc(-c4cc5sc(-c6ccc(C(=O)O)cc6)cc5s4)c4c3OCCO4)cc2)cc1. The van der Waals surface area contributed by atoms with Gasteiger partial charge in [0.05, 0.1) is 33.4 Å². The Morgan fingerprint density at radius 3 is 1.58 bits per heavy atom. The summed E-state index contributed by atoms with van der Waals surface area (Å²) in [6.45, 7) is 6.91. The summed E-state index contributed by atoms with van der Waals surface area (Å²) in [4.78, 5) is 18.0. The normalized spacial score (nSPS) is 12.2. The summed E-state index contributed by atoms with van der Waals surface area (Å²) in [6.07, 6.45) is 9.40. The van der Waals surface area contributed by atoms with E-state index in [0.29, 0.717) is 13.2 Å².